The molecular formula is C40H38F3N3O3. The SMILES string of the molecule is Cc1ccc(-c2ccc(C3=c4cc5c6c(c4Oc4c3cc3c7c4CCCN7CCC3)CCC[N+]=6CCC5)cc2)c(N)c1.O=C([O-])C(F)(F)F. The van der Waals surface area contributed by atoms with Crippen molar-refractivity contribution in [2.75, 3.05) is 36.8 Å². The fourth-order valence-electron chi connectivity index (χ4n) is 8.59. The largest absolute Gasteiger partial charge is 0.542 e. The lowest BCUT2D eigenvalue weighted by molar-refractivity contribution is -0.344. The third kappa shape index (κ3) is 5.43. The molecular weight excluding hydrogens is 627 g/mol. The molecule has 0 unspecified atom stereocenters. The molecule has 0 aliphatic carbocycles. The van der Waals surface area contributed by atoms with E-state index in [9.17, 15) is 13.2 Å². The number of nitrogen functional groups attached to an aromatic ring is 1. The van der Waals surface area contributed by atoms with Crippen molar-refractivity contribution in [3.05, 3.63) is 104 Å². The minimum Gasteiger partial charge on any atom is -0.542 e. The van der Waals surface area contributed by atoms with Crippen molar-refractivity contribution in [2.45, 2.75) is 64.5 Å². The first kappa shape index (κ1) is 31.5. The summed E-state index contributed by atoms with van der Waals surface area (Å²) in [5.74, 6) is -0.759. The lowest BCUT2D eigenvalue weighted by atomic mass is 9.82. The van der Waals surface area contributed by atoms with E-state index in [1.54, 1.807) is 0 Å². The minimum atomic E-state index is -5.19. The summed E-state index contributed by atoms with van der Waals surface area (Å²) in [5, 5.41) is 11.6. The van der Waals surface area contributed by atoms with Gasteiger partial charge >= 0.3 is 6.18 Å². The van der Waals surface area contributed by atoms with Crippen molar-refractivity contribution >= 4 is 22.9 Å². The standard InChI is InChI=1S/C38H37N3O.C2HF3O2/c1-23-10-15-28(33(39)20-23)24-11-13-25(14-12-24)34-31-21-26-6-2-16-40-18-4-8-29(35(26)40)37(31)42-38-30-9-5-19-41-17-3-7-27(36(30)41)22-32(34)38;3-2(4,5)1(6)7/h10-15,20-22,39H,2-9,16-19H2,1H3;(H,6,7). The summed E-state index contributed by atoms with van der Waals surface area (Å²) in [5.41, 5.74) is 22.0. The van der Waals surface area contributed by atoms with Gasteiger partial charge in [-0.25, -0.2) is 4.58 Å². The molecule has 252 valence electrons. The fraction of sp³-hybridized carbons (Fsp3) is 0.350. The number of fused-ring (bicyclic) bond motifs is 4. The first-order valence-corrected chi connectivity index (χ1v) is 17.3. The first-order chi connectivity index (χ1) is 23.6. The molecule has 4 aromatic rings. The molecule has 0 amide bonds. The Hall–Kier alpha value is -4.79. The second-order valence-electron chi connectivity index (χ2n) is 13.8. The van der Waals surface area contributed by atoms with Crippen LogP contribution in [0.4, 0.5) is 24.5 Å². The van der Waals surface area contributed by atoms with Gasteiger partial charge in [0.05, 0.1) is 5.56 Å². The third-order valence-electron chi connectivity index (χ3n) is 10.6. The zero-order chi connectivity index (χ0) is 34.0. The zero-order valence-corrected chi connectivity index (χ0v) is 27.5. The Bertz CT molecular complexity index is 2150. The molecule has 2 N–H and O–H groups in total. The van der Waals surface area contributed by atoms with Crippen LogP contribution in [0, 0.1) is 6.92 Å². The maximum absolute atomic E-state index is 10.5. The van der Waals surface area contributed by atoms with Gasteiger partial charge in [0.2, 0.25) is 5.36 Å². The molecule has 0 atom stereocenters. The number of aliphatic carboxylic acids is 1. The summed E-state index contributed by atoms with van der Waals surface area (Å²) in [6.45, 7) is 6.77. The number of anilines is 2. The lowest BCUT2D eigenvalue weighted by Crippen LogP contribution is -2.45. The number of benzene rings is 4. The van der Waals surface area contributed by atoms with Crippen molar-refractivity contribution in [3.8, 4) is 22.6 Å². The number of aryl methyl sites for hydroxylation is 3. The van der Waals surface area contributed by atoms with E-state index >= 15 is 0 Å². The van der Waals surface area contributed by atoms with Crippen LogP contribution in [0.1, 0.15) is 64.6 Å². The second kappa shape index (κ2) is 12.0. The average molecular weight is 666 g/mol. The average Bonchev–Trinajstić information content (AvgIpc) is 3.08. The number of alkyl halides is 3. The molecule has 0 spiro atoms. The predicted octanol–water partition coefficient (Wildman–Crippen LogP) is 4.98. The Kier molecular flexibility index (Phi) is 7.69. The van der Waals surface area contributed by atoms with Crippen LogP contribution in [-0.2, 0) is 30.5 Å². The van der Waals surface area contributed by atoms with Gasteiger partial charge in [-0.15, -0.1) is 0 Å². The van der Waals surface area contributed by atoms with Crippen LogP contribution in [-0.4, -0.2) is 38.3 Å². The zero-order valence-electron chi connectivity index (χ0n) is 27.5. The lowest BCUT2D eigenvalue weighted by Gasteiger charge is -2.39. The summed E-state index contributed by atoms with van der Waals surface area (Å²) in [6.07, 6.45) is 4.18. The van der Waals surface area contributed by atoms with E-state index < -0.39 is 12.1 Å². The molecule has 0 aromatic heterocycles. The number of carbonyl (C=O) groups is 1. The van der Waals surface area contributed by atoms with Crippen LogP contribution in [0.15, 0.2) is 54.6 Å². The Labute approximate surface area is 282 Å². The van der Waals surface area contributed by atoms with Gasteiger partial charge in [-0.3, -0.25) is 0 Å². The number of carbonyl (C=O) groups excluding carboxylic acids is 1. The molecule has 9 heteroatoms. The highest BCUT2D eigenvalue weighted by Crippen LogP contribution is 2.48. The minimum absolute atomic E-state index is 0.836. The topological polar surface area (TPSA) is 81.6 Å². The van der Waals surface area contributed by atoms with Gasteiger partial charge in [0, 0.05) is 70.4 Å². The number of rotatable bonds is 2. The molecule has 5 heterocycles. The smallest absolute Gasteiger partial charge is 0.430 e. The highest BCUT2D eigenvalue weighted by Gasteiger charge is 2.35. The Balaban J connectivity index is 0.000000453. The normalized spacial score (nSPS) is 17.1. The number of hydrogen-bond donors (Lipinski definition) is 1. The number of hydrogen-bond acceptors (Lipinski definition) is 5. The van der Waals surface area contributed by atoms with Crippen LogP contribution in [0.2, 0.25) is 0 Å². The molecule has 9 rings (SSSR count). The van der Waals surface area contributed by atoms with Crippen LogP contribution in [0.5, 0.6) is 11.5 Å². The third-order valence-corrected chi connectivity index (χ3v) is 10.6. The molecule has 5 aliphatic rings. The van der Waals surface area contributed by atoms with Crippen LogP contribution in [0.25, 0.3) is 16.7 Å². The van der Waals surface area contributed by atoms with E-state index in [2.05, 4.69) is 71.0 Å². The van der Waals surface area contributed by atoms with E-state index in [-0.39, 0.29) is 0 Å². The molecule has 0 saturated carbocycles. The van der Waals surface area contributed by atoms with E-state index in [0.717, 1.165) is 54.0 Å². The molecule has 6 nitrogen and oxygen atoms in total. The van der Waals surface area contributed by atoms with Gasteiger partial charge in [-0.05, 0) is 85.9 Å². The number of halogens is 3. The van der Waals surface area contributed by atoms with E-state index in [1.807, 2.05) is 0 Å². The van der Waals surface area contributed by atoms with Gasteiger partial charge in [0.15, 0.2) is 0 Å². The van der Waals surface area contributed by atoms with Gasteiger partial charge in [0.1, 0.15) is 30.6 Å². The van der Waals surface area contributed by atoms with Crippen LogP contribution < -0.4 is 35.6 Å². The molecule has 0 radical (unpaired) electrons. The fourth-order valence-corrected chi connectivity index (χ4v) is 8.59. The maximum atomic E-state index is 10.5. The van der Waals surface area contributed by atoms with Crippen molar-refractivity contribution in [1.29, 1.82) is 0 Å². The molecule has 4 aromatic carbocycles. The molecule has 0 bridgehead atoms. The Morgan fingerprint density at radius 3 is 2.18 bits per heavy atom. The van der Waals surface area contributed by atoms with Crippen LogP contribution >= 0.6 is 0 Å². The quantitative estimate of drug-likeness (QED) is 0.213. The van der Waals surface area contributed by atoms with E-state index in [4.69, 9.17) is 20.4 Å². The maximum Gasteiger partial charge on any atom is 0.430 e. The van der Waals surface area contributed by atoms with E-state index in [0.29, 0.717) is 0 Å². The summed E-state index contributed by atoms with van der Waals surface area (Å²) >= 11 is 0. The number of carboxylic acid groups (broad SMARTS) is 1. The van der Waals surface area contributed by atoms with Crippen molar-refractivity contribution < 1.29 is 27.8 Å². The Morgan fingerprint density at radius 2 is 1.47 bits per heavy atom. The van der Waals surface area contributed by atoms with Crippen molar-refractivity contribution in [3.63, 3.8) is 0 Å². The summed E-state index contributed by atoms with van der Waals surface area (Å²) < 4.78 is 41.4. The van der Waals surface area contributed by atoms with Gasteiger partial charge in [-0.1, -0.05) is 36.4 Å². The highest BCUT2D eigenvalue weighted by atomic mass is 19.4. The predicted molar refractivity (Wildman–Crippen MR) is 182 cm³/mol. The van der Waals surface area contributed by atoms with Crippen LogP contribution in [0.3, 0.4) is 0 Å². The first-order valence-electron chi connectivity index (χ1n) is 17.3. The molecule has 5 aliphatic heterocycles. The monoisotopic (exact) mass is 665 g/mol. The highest BCUT2D eigenvalue weighted by molar-refractivity contribution is 5.90. The number of nitrogens with two attached hydrogens (primary N) is 1. The second-order valence-corrected chi connectivity index (χ2v) is 13.8. The van der Waals surface area contributed by atoms with Gasteiger partial charge in [0.25, 0.3) is 0 Å². The summed E-state index contributed by atoms with van der Waals surface area (Å²) in [7, 11) is 0. The molecule has 49 heavy (non-hydrogen) atoms. The number of nitrogens with zero attached hydrogens (tertiary/aromatic N) is 2. The van der Waals surface area contributed by atoms with E-state index in [1.165, 1.54) is 113 Å². The molecule has 0 saturated heterocycles. The van der Waals surface area contributed by atoms with Gasteiger partial charge in [-0.2, -0.15) is 13.2 Å². The van der Waals surface area contributed by atoms with Crippen molar-refractivity contribution in [2.24, 2.45) is 0 Å². The number of ether oxygens (including phenoxy) is 1. The Morgan fingerprint density at radius 1 is 0.816 bits per heavy atom. The number of carboxylic acids is 1. The summed E-state index contributed by atoms with van der Waals surface area (Å²) in [6, 6.07) is 20.5. The summed E-state index contributed by atoms with van der Waals surface area (Å²) in [4.78, 5) is 11.4. The van der Waals surface area contributed by atoms with Gasteiger partial charge < -0.3 is 25.3 Å². The van der Waals surface area contributed by atoms with Crippen molar-refractivity contribution in [1.82, 2.24) is 4.58 Å². The molecule has 0 fully saturated rings.